The fraction of sp³-hybridized carbons (Fsp3) is 0. The third-order valence-electron chi connectivity index (χ3n) is 0. The van der Waals surface area contributed by atoms with E-state index >= 15 is 0 Å². The van der Waals surface area contributed by atoms with Gasteiger partial charge >= 0.3 is 17.4 Å². The van der Waals surface area contributed by atoms with Crippen LogP contribution in [0.1, 0.15) is 0 Å². The van der Waals surface area contributed by atoms with Gasteiger partial charge in [0.2, 0.25) is 0 Å². The molecule has 0 aromatic rings. The van der Waals surface area contributed by atoms with Crippen molar-refractivity contribution < 1.29 is 25.6 Å². The van der Waals surface area contributed by atoms with E-state index in [9.17, 15) is 0 Å². The molecule has 0 heterocycles. The predicted molar refractivity (Wildman–Crippen MR) is 45.6 cm³/mol. The second kappa shape index (κ2) is 23.3. The molecule has 17 heavy (non-hydrogen) atoms. The van der Waals surface area contributed by atoms with Gasteiger partial charge in [0.25, 0.3) is 5.09 Å². The molecule has 0 spiro atoms. The summed E-state index contributed by atoms with van der Waals surface area (Å²) in [4.78, 5) is 33.1. The first-order valence-corrected chi connectivity index (χ1v) is 2.21. The average Bonchev–Trinajstić information content (AvgIpc) is 1.76. The molecule has 0 aromatic heterocycles. The Bertz CT molecular complexity index is 159. The van der Waals surface area contributed by atoms with E-state index in [1.807, 2.05) is 0 Å². The smallest absolute Gasteiger partial charge is 0.356 e. The first kappa shape index (κ1) is 29.3. The first-order valence-electron chi connectivity index (χ1n) is 2.21. The molecule has 96 valence electrons. The second-order valence-corrected chi connectivity index (χ2v) is 0.909. The van der Waals surface area contributed by atoms with Gasteiger partial charge in [-0.15, -0.1) is 10.1 Å². The summed E-state index contributed by atoms with van der Waals surface area (Å²) in [5, 5.41) is 57.9. The van der Waals surface area contributed by atoms with E-state index in [2.05, 4.69) is 0 Å². The topological polar surface area (TPSA) is 262 Å². The molecule has 0 unspecified atom stereocenters. The Morgan fingerprint density at radius 3 is 0.588 bits per heavy atom. The second-order valence-electron chi connectivity index (χ2n) is 0.909. The fourth-order valence-electron chi connectivity index (χ4n) is 0. The monoisotopic (exact) mass is 276 g/mol. The molecule has 0 bridgehead atoms. The van der Waals surface area contributed by atoms with E-state index < -0.39 is 20.3 Å². The van der Waals surface area contributed by atoms with Crippen LogP contribution in [0.2, 0.25) is 0 Å². The molecule has 0 aliphatic heterocycles. The minimum absolute atomic E-state index is 0. The standard InChI is InChI=1S/Al.HNO3.3NO3/c;4*2-1(3)4/h;(H,2,3,4);;;/q+3;;3*-1. The zero-order valence-corrected chi connectivity index (χ0v) is 8.46. The summed E-state index contributed by atoms with van der Waals surface area (Å²) in [6.45, 7) is 0. The Balaban J connectivity index is -0.0000000369. The van der Waals surface area contributed by atoms with E-state index in [4.69, 9.17) is 61.3 Å². The molecule has 0 saturated heterocycles. The van der Waals surface area contributed by atoms with Gasteiger partial charge in [-0.1, -0.05) is 0 Å². The first-order chi connectivity index (χ1) is 6.93. The van der Waals surface area contributed by atoms with Crippen LogP contribution >= 0.6 is 0 Å². The Labute approximate surface area is 99.9 Å². The molecular weight excluding hydrogens is 275 g/mol. The third kappa shape index (κ3) is 241. The van der Waals surface area contributed by atoms with Crippen LogP contribution in [0.3, 0.4) is 0 Å². The van der Waals surface area contributed by atoms with Gasteiger partial charge in [-0.2, -0.15) is 0 Å². The van der Waals surface area contributed by atoms with Gasteiger partial charge in [0.05, 0.1) is 15.3 Å². The van der Waals surface area contributed by atoms with Gasteiger partial charge in [0.1, 0.15) is 0 Å². The maximum atomic E-state index is 8.36. The van der Waals surface area contributed by atoms with Gasteiger partial charge in [0, 0.05) is 0 Å². The van der Waals surface area contributed by atoms with Crippen LogP contribution in [-0.4, -0.2) is 42.9 Å². The van der Waals surface area contributed by atoms with Crippen molar-refractivity contribution in [2.24, 2.45) is 0 Å². The van der Waals surface area contributed by atoms with Crippen molar-refractivity contribution in [3.8, 4) is 0 Å². The largest absolute Gasteiger partial charge is 3.00 e. The average molecular weight is 276 g/mol. The minimum Gasteiger partial charge on any atom is -0.356 e. The number of hydrogen-bond acceptors (Lipinski definition) is 11. The van der Waals surface area contributed by atoms with Crippen molar-refractivity contribution in [3.05, 3.63) is 56.1 Å². The number of rotatable bonds is 0. The maximum absolute atomic E-state index is 8.36. The SMILES string of the molecule is O=[N+]([O-])O.O=[N+]([O-])[O-].O=[N+]([O-])[O-].O=[N+]([O-])[O-].[Al+3]. The molecule has 0 amide bonds. The van der Waals surface area contributed by atoms with Crippen molar-refractivity contribution in [2.75, 3.05) is 0 Å². The van der Waals surface area contributed by atoms with Crippen molar-refractivity contribution in [2.45, 2.75) is 0 Å². The van der Waals surface area contributed by atoms with Gasteiger partial charge < -0.3 is 51.2 Å². The van der Waals surface area contributed by atoms with Crippen molar-refractivity contribution in [1.82, 2.24) is 0 Å². The quantitative estimate of drug-likeness (QED) is 0.302. The van der Waals surface area contributed by atoms with Crippen LogP contribution in [0.5, 0.6) is 0 Å². The van der Waals surface area contributed by atoms with Crippen molar-refractivity contribution in [1.29, 1.82) is 0 Å². The Kier molecular flexibility index (Phi) is 40.1. The van der Waals surface area contributed by atoms with Crippen molar-refractivity contribution >= 4 is 17.4 Å². The summed E-state index contributed by atoms with van der Waals surface area (Å²) < 4.78 is 0. The Hall–Kier alpha value is -2.67. The van der Waals surface area contributed by atoms with E-state index in [0.717, 1.165) is 0 Å². The number of hydrogen-bond donors (Lipinski definition) is 1. The van der Waals surface area contributed by atoms with Gasteiger partial charge in [0.15, 0.2) is 0 Å². The summed E-state index contributed by atoms with van der Waals surface area (Å²) in [6.07, 6.45) is 0. The fourth-order valence-corrected chi connectivity index (χ4v) is 0. The zero-order valence-electron chi connectivity index (χ0n) is 7.30. The molecule has 0 saturated carbocycles. The minimum atomic E-state index is -1.75. The summed E-state index contributed by atoms with van der Waals surface area (Å²) in [5.41, 5.74) is 0. The molecule has 16 nitrogen and oxygen atoms in total. The van der Waals surface area contributed by atoms with Crippen molar-refractivity contribution in [3.63, 3.8) is 0 Å². The molecule has 1 N–H and O–H groups in total. The molecule has 0 aromatic carbocycles. The van der Waals surface area contributed by atoms with Crippen LogP contribution < -0.4 is 0 Å². The van der Waals surface area contributed by atoms with Crippen LogP contribution in [0.15, 0.2) is 0 Å². The van der Waals surface area contributed by atoms with Crippen LogP contribution in [-0.2, 0) is 0 Å². The van der Waals surface area contributed by atoms with Gasteiger partial charge in [-0.25, -0.2) is 0 Å². The van der Waals surface area contributed by atoms with Crippen LogP contribution in [0.4, 0.5) is 0 Å². The Morgan fingerprint density at radius 2 is 0.588 bits per heavy atom. The normalized spacial score (nSPS) is 5.65. The molecule has 0 radical (unpaired) electrons. The predicted octanol–water partition coefficient (Wildman–Crippen LogP) is -1.45. The summed E-state index contributed by atoms with van der Waals surface area (Å²) >= 11 is 0. The molecule has 17 heteroatoms. The van der Waals surface area contributed by atoms with Gasteiger partial charge in [-0.05, 0) is 0 Å². The summed E-state index contributed by atoms with van der Waals surface area (Å²) in [6, 6.07) is 0. The van der Waals surface area contributed by atoms with E-state index in [0.29, 0.717) is 0 Å². The summed E-state index contributed by atoms with van der Waals surface area (Å²) in [7, 11) is 0. The van der Waals surface area contributed by atoms with Gasteiger partial charge in [-0.3, -0.25) is 0 Å². The molecule has 0 rings (SSSR count). The Morgan fingerprint density at radius 1 is 0.588 bits per heavy atom. The number of nitrogens with zero attached hydrogens (tertiary/aromatic N) is 4. The molecule has 0 aliphatic carbocycles. The molecule has 0 fully saturated rings. The van der Waals surface area contributed by atoms with E-state index in [-0.39, 0.29) is 17.4 Å². The molecular formula is HAlN4O12. The molecule has 0 atom stereocenters. The zero-order chi connectivity index (χ0) is 14.3. The third-order valence-corrected chi connectivity index (χ3v) is 0. The van der Waals surface area contributed by atoms with E-state index in [1.165, 1.54) is 0 Å². The van der Waals surface area contributed by atoms with Crippen LogP contribution in [0.25, 0.3) is 0 Å². The maximum Gasteiger partial charge on any atom is 3.00 e. The summed E-state index contributed by atoms with van der Waals surface area (Å²) in [5.74, 6) is 0. The van der Waals surface area contributed by atoms with Crippen LogP contribution in [0, 0.1) is 56.1 Å². The van der Waals surface area contributed by atoms with E-state index in [1.54, 1.807) is 0 Å². The molecule has 0 aliphatic rings.